The van der Waals surface area contributed by atoms with Gasteiger partial charge in [0.1, 0.15) is 5.75 Å². The zero-order valence-electron chi connectivity index (χ0n) is 10.4. The molecule has 3 nitrogen and oxygen atoms in total. The van der Waals surface area contributed by atoms with Crippen LogP contribution in [0.1, 0.15) is 30.6 Å². The van der Waals surface area contributed by atoms with Gasteiger partial charge in [0.25, 0.3) is 5.91 Å². The molecule has 1 atom stereocenters. The first-order valence-electron chi connectivity index (χ1n) is 5.79. The number of phenols is 1. The predicted molar refractivity (Wildman–Crippen MR) is 85.3 cm³/mol. The number of aromatic hydroxyl groups is 1. The number of amides is 1. The van der Waals surface area contributed by atoms with Gasteiger partial charge < -0.3 is 10.4 Å². The summed E-state index contributed by atoms with van der Waals surface area (Å²) < 4.78 is 0.739. The number of alkyl halides is 1. The Balaban J connectivity index is 2.71. The Bertz CT molecular complexity index is 423. The van der Waals surface area contributed by atoms with Gasteiger partial charge in [0.15, 0.2) is 0 Å². The number of carbonyl (C=O) groups excluding carboxylic acids is 1. The zero-order chi connectivity index (χ0) is 13.7. The molecule has 2 N–H and O–H groups in total. The molecule has 0 aromatic heterocycles. The number of hydrogen-bond donors (Lipinski definition) is 2. The van der Waals surface area contributed by atoms with Crippen molar-refractivity contribution in [3.63, 3.8) is 0 Å². The Kier molecular flexibility index (Phi) is 6.42. The van der Waals surface area contributed by atoms with Crippen molar-refractivity contribution in [1.29, 1.82) is 0 Å². The fraction of sp³-hybridized carbons (Fsp3) is 0.462. The summed E-state index contributed by atoms with van der Waals surface area (Å²) >= 11 is 5.43. The Morgan fingerprint density at radius 3 is 2.67 bits per heavy atom. The minimum Gasteiger partial charge on any atom is -0.507 e. The molecule has 1 rings (SSSR count). The van der Waals surface area contributed by atoms with E-state index in [4.69, 9.17) is 0 Å². The third kappa shape index (κ3) is 4.76. The lowest BCUT2D eigenvalue weighted by Crippen LogP contribution is -2.37. The molecule has 1 aromatic rings. The summed E-state index contributed by atoms with van der Waals surface area (Å²) in [6, 6.07) is 5.06. The van der Waals surface area contributed by atoms with E-state index in [9.17, 15) is 9.90 Å². The van der Waals surface area contributed by atoms with Crippen LogP contribution in [-0.4, -0.2) is 22.4 Å². The van der Waals surface area contributed by atoms with Crippen molar-refractivity contribution in [2.45, 2.75) is 26.3 Å². The van der Waals surface area contributed by atoms with E-state index in [0.29, 0.717) is 11.5 Å². The van der Waals surface area contributed by atoms with E-state index in [0.717, 1.165) is 15.3 Å². The van der Waals surface area contributed by atoms with Gasteiger partial charge in [0.2, 0.25) is 0 Å². The molecule has 0 spiro atoms. The highest BCUT2D eigenvalue weighted by atomic mass is 127. The SMILES string of the molecule is CC(C)CC(CBr)NC(=O)c1ccc(I)c(O)c1. The molecule has 1 aromatic carbocycles. The molecule has 100 valence electrons. The topological polar surface area (TPSA) is 49.3 Å². The molecule has 0 radical (unpaired) electrons. The number of nitrogens with one attached hydrogen (secondary N) is 1. The molecule has 0 aliphatic carbocycles. The zero-order valence-corrected chi connectivity index (χ0v) is 14.2. The van der Waals surface area contributed by atoms with Crippen molar-refractivity contribution in [1.82, 2.24) is 5.32 Å². The molecule has 1 unspecified atom stereocenters. The van der Waals surface area contributed by atoms with Crippen LogP contribution in [-0.2, 0) is 0 Å². The molecule has 0 saturated heterocycles. The molecule has 18 heavy (non-hydrogen) atoms. The lowest BCUT2D eigenvalue weighted by atomic mass is 10.0. The van der Waals surface area contributed by atoms with Gasteiger partial charge in [0.05, 0.1) is 3.57 Å². The first-order chi connectivity index (χ1) is 8.43. The Labute approximate surface area is 130 Å². The van der Waals surface area contributed by atoms with E-state index in [1.807, 2.05) is 22.6 Å². The first-order valence-corrected chi connectivity index (χ1v) is 7.99. The summed E-state index contributed by atoms with van der Waals surface area (Å²) in [6.45, 7) is 4.25. The van der Waals surface area contributed by atoms with E-state index >= 15 is 0 Å². The molecule has 0 saturated carbocycles. The number of halogens is 2. The summed E-state index contributed by atoms with van der Waals surface area (Å²) in [5.74, 6) is 0.521. The minimum absolute atomic E-state index is 0.110. The maximum Gasteiger partial charge on any atom is 0.251 e. The quantitative estimate of drug-likeness (QED) is 0.560. The van der Waals surface area contributed by atoms with Crippen molar-refractivity contribution in [2.24, 2.45) is 5.92 Å². The van der Waals surface area contributed by atoms with E-state index in [-0.39, 0.29) is 17.7 Å². The second kappa shape index (κ2) is 7.33. The van der Waals surface area contributed by atoms with Crippen LogP contribution in [0.5, 0.6) is 5.75 Å². The molecular formula is C13H17BrINO2. The average molecular weight is 426 g/mol. The number of benzene rings is 1. The van der Waals surface area contributed by atoms with Crippen LogP contribution in [0.3, 0.4) is 0 Å². The van der Waals surface area contributed by atoms with Crippen LogP contribution in [0.25, 0.3) is 0 Å². The summed E-state index contributed by atoms with van der Waals surface area (Å²) in [5, 5.41) is 13.3. The number of phenolic OH excluding ortho intramolecular Hbond substituents is 1. The minimum atomic E-state index is -0.146. The summed E-state index contributed by atoms with van der Waals surface area (Å²) in [5.41, 5.74) is 0.489. The van der Waals surface area contributed by atoms with E-state index in [1.54, 1.807) is 12.1 Å². The number of carbonyl (C=O) groups is 1. The Morgan fingerprint density at radius 2 is 2.17 bits per heavy atom. The van der Waals surface area contributed by atoms with Gasteiger partial charge in [0, 0.05) is 16.9 Å². The van der Waals surface area contributed by atoms with Crippen LogP contribution in [0.2, 0.25) is 0 Å². The van der Waals surface area contributed by atoms with Gasteiger partial charge in [-0.05, 0) is 53.1 Å². The number of rotatable bonds is 5. The van der Waals surface area contributed by atoms with Crippen molar-refractivity contribution >= 4 is 44.4 Å². The smallest absolute Gasteiger partial charge is 0.251 e. The van der Waals surface area contributed by atoms with Crippen molar-refractivity contribution < 1.29 is 9.90 Å². The normalized spacial score (nSPS) is 12.5. The van der Waals surface area contributed by atoms with Crippen molar-refractivity contribution in [2.75, 3.05) is 5.33 Å². The predicted octanol–water partition coefficient (Wildman–Crippen LogP) is 3.54. The van der Waals surface area contributed by atoms with Gasteiger partial charge >= 0.3 is 0 Å². The second-order valence-corrected chi connectivity index (χ2v) is 6.43. The molecule has 0 aliphatic heterocycles. The summed E-state index contributed by atoms with van der Waals surface area (Å²) in [6.07, 6.45) is 0.924. The summed E-state index contributed by atoms with van der Waals surface area (Å²) in [7, 11) is 0. The third-order valence-corrected chi connectivity index (χ3v) is 4.18. The molecule has 1 amide bonds. The first kappa shape index (κ1) is 15.8. The summed E-state index contributed by atoms with van der Waals surface area (Å²) in [4.78, 5) is 12.0. The maximum atomic E-state index is 12.0. The van der Waals surface area contributed by atoms with Crippen molar-refractivity contribution in [3.05, 3.63) is 27.3 Å². The van der Waals surface area contributed by atoms with E-state index in [2.05, 4.69) is 35.1 Å². The van der Waals surface area contributed by atoms with Gasteiger partial charge in [-0.1, -0.05) is 29.8 Å². The average Bonchev–Trinajstić information content (AvgIpc) is 2.31. The molecule has 5 heteroatoms. The fourth-order valence-corrected chi connectivity index (χ4v) is 2.41. The molecule has 0 bridgehead atoms. The van der Waals surface area contributed by atoms with Gasteiger partial charge in [-0.3, -0.25) is 4.79 Å². The van der Waals surface area contributed by atoms with Crippen LogP contribution < -0.4 is 5.32 Å². The van der Waals surface area contributed by atoms with E-state index in [1.165, 1.54) is 6.07 Å². The third-order valence-electron chi connectivity index (χ3n) is 2.49. The van der Waals surface area contributed by atoms with Gasteiger partial charge in [-0.25, -0.2) is 0 Å². The highest BCUT2D eigenvalue weighted by Crippen LogP contribution is 2.20. The van der Waals surface area contributed by atoms with E-state index < -0.39 is 0 Å². The molecule has 0 aliphatic rings. The molecular weight excluding hydrogens is 409 g/mol. The molecule has 0 heterocycles. The standard InChI is InChI=1S/C13H17BrINO2/c1-8(2)5-10(7-14)16-13(18)9-3-4-11(15)12(17)6-9/h3-4,6,8,10,17H,5,7H2,1-2H3,(H,16,18). The highest BCUT2D eigenvalue weighted by Gasteiger charge is 2.15. The highest BCUT2D eigenvalue weighted by molar-refractivity contribution is 14.1. The van der Waals surface area contributed by atoms with Gasteiger partial charge in [-0.15, -0.1) is 0 Å². The Morgan fingerprint density at radius 1 is 1.50 bits per heavy atom. The van der Waals surface area contributed by atoms with Crippen LogP contribution in [0.15, 0.2) is 18.2 Å². The maximum absolute atomic E-state index is 12.0. The number of hydrogen-bond acceptors (Lipinski definition) is 2. The largest absolute Gasteiger partial charge is 0.507 e. The van der Waals surface area contributed by atoms with Crippen LogP contribution >= 0.6 is 38.5 Å². The lowest BCUT2D eigenvalue weighted by molar-refractivity contribution is 0.0936. The Hall–Kier alpha value is -0.300. The van der Waals surface area contributed by atoms with Crippen LogP contribution in [0.4, 0.5) is 0 Å². The monoisotopic (exact) mass is 425 g/mol. The second-order valence-electron chi connectivity index (χ2n) is 4.62. The fourth-order valence-electron chi connectivity index (χ4n) is 1.65. The van der Waals surface area contributed by atoms with Gasteiger partial charge in [-0.2, -0.15) is 0 Å². The molecule has 0 fully saturated rings. The lowest BCUT2D eigenvalue weighted by Gasteiger charge is -2.18. The van der Waals surface area contributed by atoms with Crippen molar-refractivity contribution in [3.8, 4) is 5.75 Å². The van der Waals surface area contributed by atoms with Crippen LogP contribution in [0, 0.1) is 9.49 Å².